The Labute approximate surface area is 230 Å². The van der Waals surface area contributed by atoms with Crippen LogP contribution in [0.15, 0.2) is 114 Å². The van der Waals surface area contributed by atoms with Crippen LogP contribution in [0.4, 0.5) is 0 Å². The molecule has 202 valence electrons. The summed E-state index contributed by atoms with van der Waals surface area (Å²) in [6.07, 6.45) is 0.187. The molecule has 1 atom stereocenters. The first kappa shape index (κ1) is 27.9. The average Bonchev–Trinajstić information content (AvgIpc) is 2.97. The molecule has 4 rings (SSSR count). The lowest BCUT2D eigenvalue weighted by Gasteiger charge is -2.28. The van der Waals surface area contributed by atoms with Gasteiger partial charge >= 0.3 is 0 Å². The Hall–Kier alpha value is -4.14. The maximum Gasteiger partial charge on any atom is 0.241 e. The third kappa shape index (κ3) is 7.46. The quantitative estimate of drug-likeness (QED) is 0.276. The molecule has 0 radical (unpaired) electrons. The van der Waals surface area contributed by atoms with Crippen LogP contribution in [0.2, 0.25) is 0 Å². The van der Waals surface area contributed by atoms with Gasteiger partial charge in [-0.2, -0.15) is 4.72 Å². The van der Waals surface area contributed by atoms with Gasteiger partial charge in [0.05, 0.1) is 19.1 Å². The average molecular weight is 545 g/mol. The number of benzene rings is 4. The van der Waals surface area contributed by atoms with Gasteiger partial charge in [-0.15, -0.1) is 0 Å². The SMILES string of the molecule is COc1ccc(S(=O)(=O)NC(Cc2ccccc2)C(=O)N(Cc2ccccc2)Cc2ccccc2)cc1OC. The predicted octanol–water partition coefficient (Wildman–Crippen LogP) is 4.82. The van der Waals surface area contributed by atoms with E-state index in [0.717, 1.165) is 16.7 Å². The fourth-order valence-corrected chi connectivity index (χ4v) is 5.51. The minimum Gasteiger partial charge on any atom is -0.493 e. The molecule has 0 saturated carbocycles. The van der Waals surface area contributed by atoms with Crippen LogP contribution in [-0.4, -0.2) is 39.5 Å². The third-order valence-corrected chi connectivity index (χ3v) is 7.76. The van der Waals surface area contributed by atoms with Crippen molar-refractivity contribution in [3.8, 4) is 11.5 Å². The summed E-state index contributed by atoms with van der Waals surface area (Å²) < 4.78 is 40.4. The molecular formula is C31H32N2O5S. The molecule has 4 aromatic carbocycles. The van der Waals surface area contributed by atoms with Gasteiger partial charge in [0.2, 0.25) is 15.9 Å². The Balaban J connectivity index is 1.69. The fraction of sp³-hybridized carbons (Fsp3) is 0.194. The molecule has 4 aromatic rings. The molecule has 1 N–H and O–H groups in total. The molecule has 0 fully saturated rings. The molecule has 7 nitrogen and oxygen atoms in total. The van der Waals surface area contributed by atoms with Crippen LogP contribution in [0, 0.1) is 0 Å². The molecule has 0 spiro atoms. The van der Waals surface area contributed by atoms with Gasteiger partial charge in [-0.1, -0.05) is 91.0 Å². The molecule has 8 heteroatoms. The number of nitrogens with zero attached hydrogens (tertiary/aromatic N) is 1. The van der Waals surface area contributed by atoms with Gasteiger partial charge in [-0.05, 0) is 35.2 Å². The Bertz CT molecular complexity index is 1420. The van der Waals surface area contributed by atoms with E-state index in [0.29, 0.717) is 18.8 Å². The second kappa shape index (κ2) is 13.1. The Morgan fingerprint density at radius 2 is 1.21 bits per heavy atom. The molecule has 0 saturated heterocycles. The van der Waals surface area contributed by atoms with E-state index < -0.39 is 16.1 Å². The summed E-state index contributed by atoms with van der Waals surface area (Å²) in [4.78, 5) is 15.8. The normalized spacial score (nSPS) is 11.9. The van der Waals surface area contributed by atoms with Crippen molar-refractivity contribution in [3.63, 3.8) is 0 Å². The number of amides is 1. The lowest BCUT2D eigenvalue weighted by Crippen LogP contribution is -2.49. The number of hydrogen-bond donors (Lipinski definition) is 1. The number of carbonyl (C=O) groups is 1. The standard InChI is InChI=1S/C31H32N2O5S/c1-37-29-19-18-27(21-30(29)38-2)39(35,36)32-28(20-24-12-6-3-7-13-24)31(34)33(22-25-14-8-4-9-15-25)23-26-16-10-5-11-17-26/h3-19,21,28,32H,20,22-23H2,1-2H3. The van der Waals surface area contributed by atoms with E-state index in [1.807, 2.05) is 91.0 Å². The zero-order valence-corrected chi connectivity index (χ0v) is 22.8. The Morgan fingerprint density at radius 3 is 1.69 bits per heavy atom. The van der Waals surface area contributed by atoms with E-state index in [-0.39, 0.29) is 23.0 Å². The largest absolute Gasteiger partial charge is 0.493 e. The van der Waals surface area contributed by atoms with Crippen molar-refractivity contribution in [1.29, 1.82) is 0 Å². The smallest absolute Gasteiger partial charge is 0.241 e. The highest BCUT2D eigenvalue weighted by Gasteiger charge is 2.30. The molecule has 1 amide bonds. The number of ether oxygens (including phenoxy) is 2. The summed E-state index contributed by atoms with van der Waals surface area (Å²) in [6.45, 7) is 0.663. The second-order valence-electron chi connectivity index (χ2n) is 9.05. The van der Waals surface area contributed by atoms with Gasteiger partial charge in [0.15, 0.2) is 11.5 Å². The van der Waals surface area contributed by atoms with E-state index in [2.05, 4.69) is 4.72 Å². The number of rotatable bonds is 12. The van der Waals surface area contributed by atoms with E-state index in [9.17, 15) is 13.2 Å². The molecule has 0 bridgehead atoms. The third-order valence-electron chi connectivity index (χ3n) is 6.29. The first-order chi connectivity index (χ1) is 18.9. The minimum atomic E-state index is -4.09. The number of nitrogens with one attached hydrogen (secondary N) is 1. The zero-order valence-electron chi connectivity index (χ0n) is 22.0. The maximum absolute atomic E-state index is 14.1. The Morgan fingerprint density at radius 1 is 0.718 bits per heavy atom. The monoisotopic (exact) mass is 544 g/mol. The minimum absolute atomic E-state index is 0.0244. The molecule has 0 aliphatic carbocycles. The van der Waals surface area contributed by atoms with Crippen molar-refractivity contribution < 1.29 is 22.7 Å². The molecular weight excluding hydrogens is 512 g/mol. The molecule has 0 aromatic heterocycles. The highest BCUT2D eigenvalue weighted by atomic mass is 32.2. The molecule has 0 aliphatic heterocycles. The van der Waals surface area contributed by atoms with Crippen molar-refractivity contribution in [2.24, 2.45) is 0 Å². The van der Waals surface area contributed by atoms with Crippen molar-refractivity contribution in [3.05, 3.63) is 126 Å². The van der Waals surface area contributed by atoms with Crippen LogP contribution >= 0.6 is 0 Å². The lowest BCUT2D eigenvalue weighted by atomic mass is 10.0. The van der Waals surface area contributed by atoms with E-state index in [1.165, 1.54) is 32.4 Å². The predicted molar refractivity (Wildman–Crippen MR) is 151 cm³/mol. The topological polar surface area (TPSA) is 84.9 Å². The number of carbonyl (C=O) groups excluding carboxylic acids is 1. The van der Waals surface area contributed by atoms with E-state index in [1.54, 1.807) is 4.90 Å². The van der Waals surface area contributed by atoms with Gasteiger partial charge < -0.3 is 14.4 Å². The van der Waals surface area contributed by atoms with Crippen molar-refractivity contribution in [2.45, 2.75) is 30.4 Å². The van der Waals surface area contributed by atoms with Gasteiger partial charge in [0, 0.05) is 19.2 Å². The Kier molecular flexibility index (Phi) is 9.35. The molecule has 0 aliphatic rings. The van der Waals surface area contributed by atoms with Crippen LogP contribution in [-0.2, 0) is 34.3 Å². The molecule has 1 unspecified atom stereocenters. The van der Waals surface area contributed by atoms with Gasteiger partial charge in [0.25, 0.3) is 0 Å². The zero-order chi connectivity index (χ0) is 27.7. The highest BCUT2D eigenvalue weighted by Crippen LogP contribution is 2.29. The van der Waals surface area contributed by atoms with Crippen LogP contribution in [0.5, 0.6) is 11.5 Å². The summed E-state index contributed by atoms with van der Waals surface area (Å²) in [5.74, 6) is 0.363. The van der Waals surface area contributed by atoms with Gasteiger partial charge in [-0.3, -0.25) is 4.79 Å². The number of hydrogen-bond acceptors (Lipinski definition) is 5. The first-order valence-corrected chi connectivity index (χ1v) is 14.0. The van der Waals surface area contributed by atoms with Crippen molar-refractivity contribution >= 4 is 15.9 Å². The van der Waals surface area contributed by atoms with E-state index >= 15 is 0 Å². The molecule has 0 heterocycles. The lowest BCUT2D eigenvalue weighted by molar-refractivity contribution is -0.134. The highest BCUT2D eigenvalue weighted by molar-refractivity contribution is 7.89. The second-order valence-corrected chi connectivity index (χ2v) is 10.8. The summed E-state index contributed by atoms with van der Waals surface area (Å²) >= 11 is 0. The van der Waals surface area contributed by atoms with E-state index in [4.69, 9.17) is 9.47 Å². The number of sulfonamides is 1. The van der Waals surface area contributed by atoms with Crippen molar-refractivity contribution in [2.75, 3.05) is 14.2 Å². The van der Waals surface area contributed by atoms with Crippen LogP contribution < -0.4 is 14.2 Å². The maximum atomic E-state index is 14.1. The van der Waals surface area contributed by atoms with Crippen LogP contribution in [0.1, 0.15) is 16.7 Å². The van der Waals surface area contributed by atoms with Crippen molar-refractivity contribution in [1.82, 2.24) is 9.62 Å². The number of methoxy groups -OCH3 is 2. The summed E-state index contributed by atoms with van der Waals surface area (Å²) in [7, 11) is -1.18. The van der Waals surface area contributed by atoms with Crippen LogP contribution in [0.3, 0.4) is 0 Å². The van der Waals surface area contributed by atoms with Gasteiger partial charge in [-0.25, -0.2) is 8.42 Å². The molecule has 39 heavy (non-hydrogen) atoms. The first-order valence-electron chi connectivity index (χ1n) is 12.5. The van der Waals surface area contributed by atoms with Gasteiger partial charge in [0.1, 0.15) is 6.04 Å². The summed E-state index contributed by atoms with van der Waals surface area (Å²) in [5, 5.41) is 0. The van der Waals surface area contributed by atoms with Crippen LogP contribution in [0.25, 0.3) is 0 Å². The summed E-state index contributed by atoms with van der Waals surface area (Å²) in [6, 6.07) is 32.0. The summed E-state index contributed by atoms with van der Waals surface area (Å²) in [5.41, 5.74) is 2.73. The fourth-order valence-electron chi connectivity index (χ4n) is 4.31.